The molecule has 6 heteroatoms. The number of aromatic nitrogens is 2. The van der Waals surface area contributed by atoms with Gasteiger partial charge in [-0.1, -0.05) is 27.7 Å². The Hall–Kier alpha value is -1.40. The number of hydrogen-bond acceptors (Lipinski definition) is 5. The Morgan fingerprint density at radius 3 is 2.77 bits per heavy atom. The second-order valence-electron chi connectivity index (χ2n) is 7.52. The van der Waals surface area contributed by atoms with Crippen molar-refractivity contribution in [3.63, 3.8) is 0 Å². The van der Waals surface area contributed by atoms with Crippen molar-refractivity contribution in [2.45, 2.75) is 52.1 Å². The molecule has 22 heavy (non-hydrogen) atoms. The summed E-state index contributed by atoms with van der Waals surface area (Å²) in [5, 5.41) is 9.97. The van der Waals surface area contributed by atoms with Crippen molar-refractivity contribution in [2.75, 3.05) is 7.11 Å². The Balaban J connectivity index is 2.10. The number of nitrogens with zero attached hydrogens (tertiary/aromatic N) is 2. The number of rotatable bonds is 2. The summed E-state index contributed by atoms with van der Waals surface area (Å²) in [5.41, 5.74) is 1.93. The SMILES string of the molecule is COC(=O)C(O)c1cn2c3c(sc2n1)C(C)(C)CC(C)(C)C3. The van der Waals surface area contributed by atoms with E-state index in [2.05, 4.69) is 37.4 Å². The average molecular weight is 322 g/mol. The lowest BCUT2D eigenvalue weighted by Gasteiger charge is -2.40. The highest BCUT2D eigenvalue weighted by Gasteiger charge is 2.40. The Bertz CT molecular complexity index is 742. The molecule has 0 aliphatic heterocycles. The largest absolute Gasteiger partial charge is 0.467 e. The van der Waals surface area contributed by atoms with Crippen molar-refractivity contribution in [2.24, 2.45) is 5.41 Å². The molecule has 1 atom stereocenters. The number of aliphatic hydroxyl groups excluding tert-OH is 1. The minimum absolute atomic E-state index is 0.115. The van der Waals surface area contributed by atoms with Crippen LogP contribution >= 0.6 is 11.3 Å². The van der Waals surface area contributed by atoms with E-state index in [0.29, 0.717) is 5.69 Å². The summed E-state index contributed by atoms with van der Waals surface area (Å²) in [7, 11) is 1.26. The first-order valence-electron chi connectivity index (χ1n) is 7.42. The highest BCUT2D eigenvalue weighted by atomic mass is 32.1. The van der Waals surface area contributed by atoms with Gasteiger partial charge in [-0.15, -0.1) is 11.3 Å². The molecule has 0 aromatic carbocycles. The zero-order chi connectivity index (χ0) is 16.3. The minimum atomic E-state index is -1.32. The number of fused-ring (bicyclic) bond motifs is 3. The first-order valence-corrected chi connectivity index (χ1v) is 8.23. The van der Waals surface area contributed by atoms with Gasteiger partial charge in [0.25, 0.3) is 0 Å². The van der Waals surface area contributed by atoms with Crippen LogP contribution in [-0.4, -0.2) is 27.6 Å². The monoisotopic (exact) mass is 322 g/mol. The van der Waals surface area contributed by atoms with Crippen molar-refractivity contribution in [1.29, 1.82) is 0 Å². The summed E-state index contributed by atoms with van der Waals surface area (Å²) in [4.78, 5) is 18.1. The minimum Gasteiger partial charge on any atom is -0.467 e. The van der Waals surface area contributed by atoms with E-state index < -0.39 is 12.1 Å². The molecule has 0 spiro atoms. The van der Waals surface area contributed by atoms with Gasteiger partial charge < -0.3 is 9.84 Å². The molecule has 1 N–H and O–H groups in total. The van der Waals surface area contributed by atoms with Crippen LogP contribution in [0.1, 0.15) is 56.5 Å². The Labute approximate surface area is 133 Å². The standard InChI is InChI=1S/C16H22N2O3S/c1-15(2)6-10-12(16(3,4)8-15)22-14-17-9(7-18(10)14)11(19)13(20)21-5/h7,11,19H,6,8H2,1-5H3. The topological polar surface area (TPSA) is 63.8 Å². The Kier molecular flexibility index (Phi) is 3.38. The molecule has 1 aliphatic rings. The number of hydrogen-bond donors (Lipinski definition) is 1. The van der Waals surface area contributed by atoms with Crippen molar-refractivity contribution in [3.8, 4) is 0 Å². The zero-order valence-corrected chi connectivity index (χ0v) is 14.5. The van der Waals surface area contributed by atoms with E-state index in [1.165, 1.54) is 17.7 Å². The van der Waals surface area contributed by atoms with Gasteiger partial charge in [-0.3, -0.25) is 4.40 Å². The third-order valence-corrected chi connectivity index (χ3v) is 5.79. The summed E-state index contributed by atoms with van der Waals surface area (Å²) in [6.45, 7) is 9.10. The van der Waals surface area contributed by atoms with Crippen LogP contribution in [0.25, 0.3) is 4.96 Å². The fraction of sp³-hybridized carbons (Fsp3) is 0.625. The number of ether oxygens (including phenoxy) is 1. The lowest BCUT2D eigenvalue weighted by atomic mass is 9.67. The Morgan fingerprint density at radius 2 is 2.14 bits per heavy atom. The molecule has 0 saturated heterocycles. The maximum atomic E-state index is 11.5. The van der Waals surface area contributed by atoms with Crippen molar-refractivity contribution >= 4 is 22.3 Å². The molecule has 0 fully saturated rings. The quantitative estimate of drug-likeness (QED) is 0.864. The summed E-state index contributed by atoms with van der Waals surface area (Å²) >= 11 is 1.65. The number of methoxy groups -OCH3 is 1. The Morgan fingerprint density at radius 1 is 1.45 bits per heavy atom. The molecular formula is C16H22N2O3S. The molecule has 1 unspecified atom stereocenters. The van der Waals surface area contributed by atoms with Crippen molar-refractivity contribution in [3.05, 3.63) is 22.5 Å². The van der Waals surface area contributed by atoms with Crippen LogP contribution in [0.2, 0.25) is 0 Å². The second kappa shape index (κ2) is 4.80. The third-order valence-electron chi connectivity index (χ3n) is 4.32. The number of esters is 1. The average Bonchev–Trinajstić information content (AvgIpc) is 2.94. The number of thiazole rings is 1. The van der Waals surface area contributed by atoms with E-state index >= 15 is 0 Å². The second-order valence-corrected chi connectivity index (χ2v) is 8.50. The van der Waals surface area contributed by atoms with Crippen LogP contribution < -0.4 is 0 Å². The third kappa shape index (κ3) is 2.34. The smallest absolute Gasteiger partial charge is 0.341 e. The predicted molar refractivity (Wildman–Crippen MR) is 85.2 cm³/mol. The van der Waals surface area contributed by atoms with Crippen LogP contribution in [0.15, 0.2) is 6.20 Å². The summed E-state index contributed by atoms with van der Waals surface area (Å²) in [6, 6.07) is 0. The lowest BCUT2D eigenvalue weighted by molar-refractivity contribution is -0.150. The lowest BCUT2D eigenvalue weighted by Crippen LogP contribution is -2.34. The number of carbonyl (C=O) groups is 1. The number of imidazole rings is 1. The first kappa shape index (κ1) is 15.5. The summed E-state index contributed by atoms with van der Waals surface area (Å²) in [6.07, 6.45) is 2.55. The molecule has 0 radical (unpaired) electrons. The van der Waals surface area contributed by atoms with E-state index in [-0.39, 0.29) is 10.8 Å². The summed E-state index contributed by atoms with van der Waals surface area (Å²) in [5.74, 6) is -0.680. The molecule has 0 bridgehead atoms. The van der Waals surface area contributed by atoms with Crippen LogP contribution in [0, 0.1) is 5.41 Å². The van der Waals surface area contributed by atoms with E-state index in [9.17, 15) is 9.90 Å². The fourth-order valence-corrected chi connectivity index (χ4v) is 4.99. The van der Waals surface area contributed by atoms with Crippen LogP contribution in [0.3, 0.4) is 0 Å². The van der Waals surface area contributed by atoms with Gasteiger partial charge in [0, 0.05) is 22.2 Å². The molecular weight excluding hydrogens is 300 g/mol. The van der Waals surface area contributed by atoms with Gasteiger partial charge in [0.1, 0.15) is 5.69 Å². The molecule has 3 rings (SSSR count). The van der Waals surface area contributed by atoms with Crippen LogP contribution in [0.4, 0.5) is 0 Å². The van der Waals surface area contributed by atoms with E-state index in [4.69, 9.17) is 0 Å². The molecule has 5 nitrogen and oxygen atoms in total. The molecule has 2 heterocycles. The predicted octanol–water partition coefficient (Wildman–Crippen LogP) is 2.85. The normalized spacial score (nSPS) is 20.6. The van der Waals surface area contributed by atoms with Crippen LogP contribution in [-0.2, 0) is 21.4 Å². The van der Waals surface area contributed by atoms with Crippen molar-refractivity contribution < 1.29 is 14.6 Å². The highest BCUT2D eigenvalue weighted by molar-refractivity contribution is 7.17. The van der Waals surface area contributed by atoms with Gasteiger partial charge >= 0.3 is 5.97 Å². The van der Waals surface area contributed by atoms with E-state index in [1.54, 1.807) is 17.5 Å². The maximum Gasteiger partial charge on any atom is 0.341 e. The van der Waals surface area contributed by atoms with Gasteiger partial charge in [-0.2, -0.15) is 0 Å². The molecule has 2 aromatic rings. The van der Waals surface area contributed by atoms with E-state index in [1.807, 2.05) is 4.40 Å². The van der Waals surface area contributed by atoms with Gasteiger partial charge in [0.15, 0.2) is 11.1 Å². The van der Waals surface area contributed by atoms with Gasteiger partial charge in [0.2, 0.25) is 0 Å². The fourth-order valence-electron chi connectivity index (χ4n) is 3.76. The maximum absolute atomic E-state index is 11.5. The molecule has 2 aromatic heterocycles. The van der Waals surface area contributed by atoms with Gasteiger partial charge in [0.05, 0.1) is 7.11 Å². The summed E-state index contributed by atoms with van der Waals surface area (Å²) < 4.78 is 6.61. The highest BCUT2D eigenvalue weighted by Crippen LogP contribution is 2.48. The van der Waals surface area contributed by atoms with E-state index in [0.717, 1.165) is 17.8 Å². The molecule has 1 aliphatic carbocycles. The van der Waals surface area contributed by atoms with Crippen molar-refractivity contribution in [1.82, 2.24) is 9.38 Å². The first-order chi connectivity index (χ1) is 10.1. The number of aliphatic hydroxyl groups is 1. The molecule has 0 amide bonds. The van der Waals surface area contributed by atoms with Gasteiger partial charge in [-0.25, -0.2) is 9.78 Å². The van der Waals surface area contributed by atoms with Crippen LogP contribution in [0.5, 0.6) is 0 Å². The number of carbonyl (C=O) groups excluding carboxylic acids is 1. The zero-order valence-electron chi connectivity index (χ0n) is 13.6. The van der Waals surface area contributed by atoms with Gasteiger partial charge in [-0.05, 0) is 18.3 Å². The molecule has 120 valence electrons. The molecule has 0 saturated carbocycles.